The molecule has 0 spiro atoms. The van der Waals surface area contributed by atoms with Gasteiger partial charge < -0.3 is 19.4 Å². The summed E-state index contributed by atoms with van der Waals surface area (Å²) in [6, 6.07) is 8.98. The Kier molecular flexibility index (Phi) is 6.36. The third kappa shape index (κ3) is 4.34. The molecule has 1 aliphatic heterocycles. The summed E-state index contributed by atoms with van der Waals surface area (Å²) in [5.74, 6) is -1.40. The van der Waals surface area contributed by atoms with Gasteiger partial charge in [0.05, 0.1) is 12.2 Å². The Morgan fingerprint density at radius 3 is 2.34 bits per heavy atom. The first kappa shape index (κ1) is 20.6. The Balaban J connectivity index is 1.88. The van der Waals surface area contributed by atoms with Gasteiger partial charge in [0.15, 0.2) is 0 Å². The van der Waals surface area contributed by atoms with Gasteiger partial charge in [-0.2, -0.15) is 0 Å². The van der Waals surface area contributed by atoms with Crippen LogP contribution in [0.4, 0.5) is 0 Å². The number of rotatable bonds is 6. The Morgan fingerprint density at radius 2 is 1.72 bits per heavy atom. The lowest BCUT2D eigenvalue weighted by atomic mass is 10.1. The summed E-state index contributed by atoms with van der Waals surface area (Å²) in [6.45, 7) is 6.63. The number of hydrogen-bond acceptors (Lipinski definition) is 5. The summed E-state index contributed by atoms with van der Waals surface area (Å²) in [6.07, 6.45) is 0.855. The molecule has 0 saturated carbocycles. The van der Waals surface area contributed by atoms with E-state index >= 15 is 0 Å². The molecule has 0 aliphatic carbocycles. The molecule has 29 heavy (non-hydrogen) atoms. The molecule has 1 aliphatic rings. The van der Waals surface area contributed by atoms with Crippen molar-refractivity contribution in [3.63, 3.8) is 0 Å². The molecule has 0 unspecified atom stereocenters. The van der Waals surface area contributed by atoms with Gasteiger partial charge in [-0.25, -0.2) is 9.59 Å². The van der Waals surface area contributed by atoms with Crippen molar-refractivity contribution in [1.82, 2.24) is 9.88 Å². The third-order valence-corrected chi connectivity index (χ3v) is 5.09. The van der Waals surface area contributed by atoms with Gasteiger partial charge in [-0.15, -0.1) is 0 Å². The molecular formula is C22H26N2O5. The molecule has 0 radical (unpaired) electrons. The standard InChI is InChI=1S/C22H26N2O5/c1-4-28-21(26)17-14(2)18(23-15(17)3)22(27)29-19(16-10-6-5-7-11-16)20(25)24-12-8-9-13-24/h5-7,10-11,19,23H,4,8-9,12-13H2,1-3H3/t19-/m1/s1. The smallest absolute Gasteiger partial charge is 0.356 e. The van der Waals surface area contributed by atoms with Crippen LogP contribution in [0.3, 0.4) is 0 Å². The van der Waals surface area contributed by atoms with Crippen LogP contribution in [0.25, 0.3) is 0 Å². The van der Waals surface area contributed by atoms with Gasteiger partial charge in [0, 0.05) is 24.3 Å². The maximum Gasteiger partial charge on any atom is 0.356 e. The highest BCUT2D eigenvalue weighted by Crippen LogP contribution is 2.26. The summed E-state index contributed by atoms with van der Waals surface area (Å²) in [5, 5.41) is 0. The van der Waals surface area contributed by atoms with E-state index < -0.39 is 18.0 Å². The molecule has 1 aromatic heterocycles. The number of esters is 2. The first-order valence-corrected chi connectivity index (χ1v) is 9.85. The maximum atomic E-state index is 13.0. The van der Waals surface area contributed by atoms with Gasteiger partial charge in [-0.05, 0) is 39.2 Å². The summed E-state index contributed by atoms with van der Waals surface area (Å²) < 4.78 is 10.7. The van der Waals surface area contributed by atoms with Crippen LogP contribution in [-0.4, -0.2) is 47.4 Å². The molecule has 3 rings (SSSR count). The minimum Gasteiger partial charge on any atom is -0.462 e. The number of hydrogen-bond donors (Lipinski definition) is 1. The average Bonchev–Trinajstić information content (AvgIpc) is 3.34. The Bertz CT molecular complexity index is 897. The van der Waals surface area contributed by atoms with Crippen molar-refractivity contribution >= 4 is 17.8 Å². The Labute approximate surface area is 170 Å². The largest absolute Gasteiger partial charge is 0.462 e. The summed E-state index contributed by atoms with van der Waals surface area (Å²) in [4.78, 5) is 42.8. The normalized spacial score (nSPS) is 14.5. The second kappa shape index (κ2) is 8.94. The lowest BCUT2D eigenvalue weighted by Crippen LogP contribution is -2.35. The summed E-state index contributed by atoms with van der Waals surface area (Å²) >= 11 is 0. The number of aromatic nitrogens is 1. The minimum absolute atomic E-state index is 0.153. The number of amides is 1. The molecular weight excluding hydrogens is 372 g/mol. The zero-order valence-corrected chi connectivity index (χ0v) is 17.0. The quantitative estimate of drug-likeness (QED) is 0.754. The number of aryl methyl sites for hydroxylation is 1. The number of carbonyl (C=O) groups is 3. The van der Waals surface area contributed by atoms with Crippen LogP contribution in [0, 0.1) is 13.8 Å². The van der Waals surface area contributed by atoms with Crippen LogP contribution in [0.15, 0.2) is 30.3 Å². The number of aromatic amines is 1. The van der Waals surface area contributed by atoms with Crippen LogP contribution < -0.4 is 0 Å². The molecule has 1 amide bonds. The van der Waals surface area contributed by atoms with Crippen molar-refractivity contribution in [3.05, 3.63) is 58.4 Å². The van der Waals surface area contributed by atoms with Crippen LogP contribution in [-0.2, 0) is 14.3 Å². The van der Waals surface area contributed by atoms with Crippen molar-refractivity contribution in [2.45, 2.75) is 39.7 Å². The van der Waals surface area contributed by atoms with E-state index in [-0.39, 0.29) is 18.2 Å². The number of benzene rings is 1. The highest BCUT2D eigenvalue weighted by Gasteiger charge is 2.33. The van der Waals surface area contributed by atoms with Crippen molar-refractivity contribution in [1.29, 1.82) is 0 Å². The van der Waals surface area contributed by atoms with E-state index in [9.17, 15) is 14.4 Å². The molecule has 154 valence electrons. The number of likely N-dealkylation sites (tertiary alicyclic amines) is 1. The van der Waals surface area contributed by atoms with Crippen LogP contribution >= 0.6 is 0 Å². The third-order valence-electron chi connectivity index (χ3n) is 5.09. The first-order chi connectivity index (χ1) is 13.9. The zero-order valence-electron chi connectivity index (χ0n) is 17.0. The lowest BCUT2D eigenvalue weighted by molar-refractivity contribution is -0.140. The van der Waals surface area contributed by atoms with Gasteiger partial charge >= 0.3 is 11.9 Å². The number of nitrogens with zero attached hydrogens (tertiary/aromatic N) is 1. The van der Waals surface area contributed by atoms with E-state index in [1.165, 1.54) is 0 Å². The van der Waals surface area contributed by atoms with Crippen molar-refractivity contribution in [2.24, 2.45) is 0 Å². The zero-order chi connectivity index (χ0) is 21.0. The number of nitrogens with one attached hydrogen (secondary N) is 1. The number of H-pyrrole nitrogens is 1. The average molecular weight is 398 g/mol. The maximum absolute atomic E-state index is 13.0. The Hall–Kier alpha value is -3.09. The van der Waals surface area contributed by atoms with Gasteiger partial charge in [0.2, 0.25) is 6.10 Å². The number of carbonyl (C=O) groups excluding carboxylic acids is 3. The Morgan fingerprint density at radius 1 is 1.07 bits per heavy atom. The van der Waals surface area contributed by atoms with Gasteiger partial charge in [0.25, 0.3) is 5.91 Å². The fraction of sp³-hybridized carbons (Fsp3) is 0.409. The topological polar surface area (TPSA) is 88.7 Å². The van der Waals surface area contributed by atoms with E-state index in [0.29, 0.717) is 35.5 Å². The highest BCUT2D eigenvalue weighted by atomic mass is 16.5. The second-order valence-electron chi connectivity index (χ2n) is 7.07. The minimum atomic E-state index is -1.03. The first-order valence-electron chi connectivity index (χ1n) is 9.85. The van der Waals surface area contributed by atoms with Gasteiger partial charge in [0.1, 0.15) is 5.69 Å². The summed E-state index contributed by atoms with van der Waals surface area (Å²) in [5.41, 5.74) is 2.06. The molecule has 2 heterocycles. The molecule has 1 aromatic carbocycles. The van der Waals surface area contributed by atoms with E-state index in [4.69, 9.17) is 9.47 Å². The molecule has 1 atom stereocenters. The van der Waals surface area contributed by atoms with Crippen LogP contribution in [0.2, 0.25) is 0 Å². The van der Waals surface area contributed by atoms with E-state index in [1.54, 1.807) is 49.9 Å². The van der Waals surface area contributed by atoms with E-state index in [2.05, 4.69) is 4.98 Å². The molecule has 2 aromatic rings. The van der Waals surface area contributed by atoms with Crippen molar-refractivity contribution in [3.8, 4) is 0 Å². The van der Waals surface area contributed by atoms with Gasteiger partial charge in [-0.1, -0.05) is 30.3 Å². The molecule has 1 saturated heterocycles. The fourth-order valence-electron chi connectivity index (χ4n) is 3.62. The summed E-state index contributed by atoms with van der Waals surface area (Å²) in [7, 11) is 0. The second-order valence-corrected chi connectivity index (χ2v) is 7.07. The predicted octanol–water partition coefficient (Wildman–Crippen LogP) is 3.33. The van der Waals surface area contributed by atoms with E-state index in [1.807, 2.05) is 6.07 Å². The number of ether oxygens (including phenoxy) is 2. The van der Waals surface area contributed by atoms with Gasteiger partial charge in [-0.3, -0.25) is 4.79 Å². The van der Waals surface area contributed by atoms with Crippen LogP contribution in [0.1, 0.15) is 63.5 Å². The van der Waals surface area contributed by atoms with E-state index in [0.717, 1.165) is 12.8 Å². The lowest BCUT2D eigenvalue weighted by Gasteiger charge is -2.23. The molecule has 1 N–H and O–H groups in total. The molecule has 7 heteroatoms. The fourth-order valence-corrected chi connectivity index (χ4v) is 3.62. The van der Waals surface area contributed by atoms with Crippen molar-refractivity contribution < 1.29 is 23.9 Å². The highest BCUT2D eigenvalue weighted by molar-refractivity contribution is 5.99. The molecule has 0 bridgehead atoms. The van der Waals surface area contributed by atoms with Crippen LogP contribution in [0.5, 0.6) is 0 Å². The molecule has 1 fully saturated rings. The predicted molar refractivity (Wildman–Crippen MR) is 107 cm³/mol. The van der Waals surface area contributed by atoms with Crippen molar-refractivity contribution in [2.75, 3.05) is 19.7 Å². The SMILES string of the molecule is CCOC(=O)c1c(C)[nH]c(C(=O)O[C@@H](C(=O)N2CCCC2)c2ccccc2)c1C. The molecule has 7 nitrogen and oxygen atoms in total. The monoisotopic (exact) mass is 398 g/mol.